The molecule has 16 heavy (non-hydrogen) atoms. The molecule has 0 fully saturated rings. The molecule has 1 aromatic carbocycles. The van der Waals surface area contributed by atoms with Gasteiger partial charge < -0.3 is 0 Å². The fourth-order valence-corrected chi connectivity index (χ4v) is 2.37. The second-order valence-electron chi connectivity index (χ2n) is 2.66. The summed E-state index contributed by atoms with van der Waals surface area (Å²) in [6, 6.07) is 3.45. The predicted molar refractivity (Wildman–Crippen MR) is 74.2 cm³/mol. The lowest BCUT2D eigenvalue weighted by molar-refractivity contribution is 0.642. The molecule has 90 valence electrons. The van der Waals surface area contributed by atoms with E-state index in [9.17, 15) is 4.39 Å². The van der Waals surface area contributed by atoms with Crippen LogP contribution in [-0.4, -0.2) is 0 Å². The van der Waals surface area contributed by atoms with Crippen LogP contribution in [0.25, 0.3) is 10.1 Å². The van der Waals surface area contributed by atoms with Gasteiger partial charge in [-0.2, -0.15) is 0 Å². The third-order valence-electron chi connectivity index (χ3n) is 1.83. The van der Waals surface area contributed by atoms with Crippen LogP contribution in [0.15, 0.2) is 17.5 Å². The number of hydrogen-bond donors (Lipinski definition) is 0. The Morgan fingerprint density at radius 1 is 1.12 bits per heavy atom. The Labute approximate surface area is 106 Å². The van der Waals surface area contributed by atoms with Gasteiger partial charge in [0.15, 0.2) is 5.82 Å². The van der Waals surface area contributed by atoms with Crippen molar-refractivity contribution in [2.75, 3.05) is 0 Å². The topological polar surface area (TPSA) is 0 Å². The van der Waals surface area contributed by atoms with E-state index in [1.807, 2.05) is 46.1 Å². The van der Waals surface area contributed by atoms with E-state index in [0.717, 1.165) is 10.9 Å². The Morgan fingerprint density at radius 2 is 1.69 bits per heavy atom. The second-order valence-corrected chi connectivity index (χ2v) is 3.94. The maximum Gasteiger partial charge on any atom is 0.159 e. The fourth-order valence-electron chi connectivity index (χ4n) is 1.17. The molecule has 2 rings (SSSR count). The van der Waals surface area contributed by atoms with Crippen molar-refractivity contribution in [2.45, 2.75) is 34.6 Å². The molecule has 0 saturated carbocycles. The van der Waals surface area contributed by atoms with Crippen LogP contribution in [0.5, 0.6) is 0 Å². The molecule has 0 atom stereocenters. The zero-order valence-electron chi connectivity index (χ0n) is 10.4. The van der Waals surface area contributed by atoms with Gasteiger partial charge >= 0.3 is 0 Å². The first-order chi connectivity index (χ1) is 7.70. The summed E-state index contributed by atoms with van der Waals surface area (Å²) in [6.45, 7) is 9.96. The third kappa shape index (κ3) is 3.19. The Balaban J connectivity index is 0.000000509. The molecule has 0 aliphatic rings. The van der Waals surface area contributed by atoms with Gasteiger partial charge in [-0.3, -0.25) is 0 Å². The zero-order valence-corrected chi connectivity index (χ0v) is 12.0. The molecule has 0 nitrogen and oxygen atoms in total. The van der Waals surface area contributed by atoms with E-state index >= 15 is 0 Å². The van der Waals surface area contributed by atoms with Crippen LogP contribution in [0.3, 0.4) is 0 Å². The van der Waals surface area contributed by atoms with Crippen LogP contribution in [0.4, 0.5) is 4.39 Å². The van der Waals surface area contributed by atoms with Crippen molar-refractivity contribution in [3.8, 4) is 0 Å². The van der Waals surface area contributed by atoms with Crippen molar-refractivity contribution >= 4 is 33.0 Å². The molecule has 0 amide bonds. The maximum atomic E-state index is 13.3. The van der Waals surface area contributed by atoms with Crippen LogP contribution < -0.4 is 0 Å². The molecule has 0 spiro atoms. The van der Waals surface area contributed by atoms with Crippen molar-refractivity contribution in [1.82, 2.24) is 0 Å². The van der Waals surface area contributed by atoms with Crippen LogP contribution >= 0.6 is 22.9 Å². The van der Waals surface area contributed by atoms with E-state index in [1.165, 1.54) is 11.3 Å². The SMILES string of the molecule is CC.CC.Cc1csc2c(F)c(Cl)ccc12. The molecule has 0 bridgehead atoms. The number of rotatable bonds is 0. The summed E-state index contributed by atoms with van der Waals surface area (Å²) in [4.78, 5) is 0. The lowest BCUT2D eigenvalue weighted by atomic mass is 10.2. The molecule has 0 radical (unpaired) electrons. The van der Waals surface area contributed by atoms with Gasteiger partial charge in [-0.25, -0.2) is 4.39 Å². The highest BCUT2D eigenvalue weighted by Gasteiger charge is 2.08. The highest BCUT2D eigenvalue weighted by molar-refractivity contribution is 7.17. The van der Waals surface area contributed by atoms with E-state index in [2.05, 4.69) is 0 Å². The van der Waals surface area contributed by atoms with E-state index in [4.69, 9.17) is 11.6 Å². The summed E-state index contributed by atoms with van der Waals surface area (Å²) in [7, 11) is 0. The Kier molecular flexibility index (Phi) is 7.35. The Morgan fingerprint density at radius 3 is 2.25 bits per heavy atom. The average molecular weight is 261 g/mol. The first-order valence-corrected chi connectivity index (χ1v) is 6.77. The number of fused-ring (bicyclic) bond motifs is 1. The van der Waals surface area contributed by atoms with Crippen molar-refractivity contribution in [2.24, 2.45) is 0 Å². The normalized spacial score (nSPS) is 8.94. The molecule has 0 unspecified atom stereocenters. The molecule has 0 saturated heterocycles. The van der Waals surface area contributed by atoms with Gasteiger partial charge in [0.1, 0.15) is 0 Å². The number of benzene rings is 1. The molecular formula is C13H18ClFS. The number of halogens is 2. The zero-order chi connectivity index (χ0) is 12.7. The minimum absolute atomic E-state index is 0.198. The summed E-state index contributed by atoms with van der Waals surface area (Å²) < 4.78 is 13.9. The molecule has 1 aromatic heterocycles. The fraction of sp³-hybridized carbons (Fsp3) is 0.385. The van der Waals surface area contributed by atoms with Gasteiger partial charge in [0.25, 0.3) is 0 Å². The summed E-state index contributed by atoms with van der Waals surface area (Å²) in [6.07, 6.45) is 0. The van der Waals surface area contributed by atoms with Gasteiger partial charge in [-0.05, 0) is 29.3 Å². The second kappa shape index (κ2) is 7.64. The van der Waals surface area contributed by atoms with Crippen LogP contribution in [0, 0.1) is 12.7 Å². The van der Waals surface area contributed by atoms with E-state index in [1.54, 1.807) is 6.07 Å². The Bertz CT molecular complexity index is 435. The largest absolute Gasteiger partial charge is 0.204 e. The van der Waals surface area contributed by atoms with Gasteiger partial charge in [0, 0.05) is 0 Å². The Hall–Kier alpha value is -0.600. The average Bonchev–Trinajstić information content (AvgIpc) is 2.72. The van der Waals surface area contributed by atoms with Crippen LogP contribution in [-0.2, 0) is 0 Å². The molecule has 1 heterocycles. The van der Waals surface area contributed by atoms with Gasteiger partial charge in [0.05, 0.1) is 9.72 Å². The predicted octanol–water partition coefficient (Wildman–Crippen LogP) is 6.05. The van der Waals surface area contributed by atoms with Crippen molar-refractivity contribution in [1.29, 1.82) is 0 Å². The lowest BCUT2D eigenvalue weighted by Crippen LogP contribution is -1.76. The van der Waals surface area contributed by atoms with Crippen LogP contribution in [0.1, 0.15) is 33.3 Å². The summed E-state index contributed by atoms with van der Waals surface area (Å²) in [5.74, 6) is -0.299. The minimum atomic E-state index is -0.299. The third-order valence-corrected chi connectivity index (χ3v) is 3.23. The van der Waals surface area contributed by atoms with Gasteiger partial charge in [-0.15, -0.1) is 11.3 Å². The standard InChI is InChI=1S/C9H6ClFS.2C2H6/c1-5-4-12-9-6(5)2-3-7(10)8(9)11;2*1-2/h2-4H,1H3;2*1-2H3. The van der Waals surface area contributed by atoms with Crippen LogP contribution in [0.2, 0.25) is 5.02 Å². The minimum Gasteiger partial charge on any atom is -0.204 e. The highest BCUT2D eigenvalue weighted by atomic mass is 35.5. The monoisotopic (exact) mass is 260 g/mol. The molecular weight excluding hydrogens is 243 g/mol. The van der Waals surface area contributed by atoms with E-state index in [0.29, 0.717) is 4.70 Å². The summed E-state index contributed by atoms with van der Waals surface area (Å²) in [5.41, 5.74) is 1.10. The molecule has 2 aromatic rings. The molecule has 0 aliphatic carbocycles. The first kappa shape index (κ1) is 15.4. The summed E-state index contributed by atoms with van der Waals surface area (Å²) in [5, 5.41) is 3.09. The van der Waals surface area contributed by atoms with Crippen molar-refractivity contribution < 1.29 is 4.39 Å². The number of aryl methyl sites for hydroxylation is 1. The maximum absolute atomic E-state index is 13.3. The van der Waals surface area contributed by atoms with E-state index < -0.39 is 0 Å². The van der Waals surface area contributed by atoms with Crippen molar-refractivity contribution in [3.63, 3.8) is 0 Å². The smallest absolute Gasteiger partial charge is 0.159 e. The van der Waals surface area contributed by atoms with Gasteiger partial charge in [0.2, 0.25) is 0 Å². The summed E-state index contributed by atoms with van der Waals surface area (Å²) >= 11 is 7.02. The van der Waals surface area contributed by atoms with Gasteiger partial charge in [-0.1, -0.05) is 45.4 Å². The first-order valence-electron chi connectivity index (χ1n) is 5.52. The number of thiophene rings is 1. The molecule has 0 N–H and O–H groups in total. The van der Waals surface area contributed by atoms with Crippen molar-refractivity contribution in [3.05, 3.63) is 33.9 Å². The lowest BCUT2D eigenvalue weighted by Gasteiger charge is -1.95. The van der Waals surface area contributed by atoms with E-state index in [-0.39, 0.29) is 10.8 Å². The number of hydrogen-bond acceptors (Lipinski definition) is 1. The molecule has 0 aliphatic heterocycles. The highest BCUT2D eigenvalue weighted by Crippen LogP contribution is 2.31. The molecule has 3 heteroatoms. The quantitative estimate of drug-likeness (QED) is 0.540.